The molecule has 6 nitrogen and oxygen atoms in total. The quantitative estimate of drug-likeness (QED) is 0.530. The number of nitro groups is 1. The van der Waals surface area contributed by atoms with Gasteiger partial charge >= 0.3 is 0 Å². The van der Waals surface area contributed by atoms with E-state index in [4.69, 9.17) is 23.2 Å². The standard InChI is InChI=1S/C12H8Cl2N4O2/c13-9-2-1-8(11(14)5-9)6-16-17-12-4-3-10(7-15-12)18(19)20/h1-7H,(H,15,17)/b16-6+. The highest BCUT2D eigenvalue weighted by Gasteiger charge is 2.04. The molecule has 1 heterocycles. The van der Waals surface area contributed by atoms with E-state index in [1.165, 1.54) is 18.3 Å². The summed E-state index contributed by atoms with van der Waals surface area (Å²) in [4.78, 5) is 13.8. The Balaban J connectivity index is 2.04. The van der Waals surface area contributed by atoms with E-state index >= 15 is 0 Å². The number of benzene rings is 1. The summed E-state index contributed by atoms with van der Waals surface area (Å²) in [5.74, 6) is 0.386. The number of aromatic nitrogens is 1. The van der Waals surface area contributed by atoms with Gasteiger partial charge in [0, 0.05) is 16.7 Å². The van der Waals surface area contributed by atoms with Crippen molar-refractivity contribution >= 4 is 40.9 Å². The van der Waals surface area contributed by atoms with E-state index in [-0.39, 0.29) is 5.69 Å². The Morgan fingerprint density at radius 2 is 2.10 bits per heavy atom. The van der Waals surface area contributed by atoms with Crippen LogP contribution in [0.3, 0.4) is 0 Å². The second-order valence-corrected chi connectivity index (χ2v) is 4.54. The molecule has 102 valence electrons. The Labute approximate surface area is 124 Å². The molecule has 0 aliphatic rings. The third-order valence-electron chi connectivity index (χ3n) is 2.30. The minimum atomic E-state index is -0.520. The summed E-state index contributed by atoms with van der Waals surface area (Å²) in [5.41, 5.74) is 3.25. The van der Waals surface area contributed by atoms with Crippen LogP contribution >= 0.6 is 23.2 Å². The maximum atomic E-state index is 10.5. The zero-order valence-electron chi connectivity index (χ0n) is 9.96. The summed E-state index contributed by atoms with van der Waals surface area (Å²) in [6.45, 7) is 0. The number of nitrogens with zero attached hydrogens (tertiary/aromatic N) is 3. The molecule has 20 heavy (non-hydrogen) atoms. The lowest BCUT2D eigenvalue weighted by molar-refractivity contribution is -0.385. The van der Waals surface area contributed by atoms with Crippen molar-refractivity contribution in [3.05, 3.63) is 62.3 Å². The number of anilines is 1. The lowest BCUT2D eigenvalue weighted by Gasteiger charge is -2.00. The molecule has 0 bridgehead atoms. The van der Waals surface area contributed by atoms with E-state index in [1.807, 2.05) is 0 Å². The van der Waals surface area contributed by atoms with Gasteiger partial charge in [0.1, 0.15) is 12.0 Å². The topological polar surface area (TPSA) is 80.4 Å². The first-order chi connectivity index (χ1) is 9.56. The number of halogens is 2. The second kappa shape index (κ2) is 6.31. The first-order valence-electron chi connectivity index (χ1n) is 5.41. The minimum absolute atomic E-state index is 0.0831. The summed E-state index contributed by atoms with van der Waals surface area (Å²) >= 11 is 11.8. The van der Waals surface area contributed by atoms with Gasteiger partial charge in [0.15, 0.2) is 0 Å². The van der Waals surface area contributed by atoms with Gasteiger partial charge in [-0.25, -0.2) is 4.98 Å². The van der Waals surface area contributed by atoms with Crippen molar-refractivity contribution in [2.75, 3.05) is 5.43 Å². The summed E-state index contributed by atoms with van der Waals surface area (Å²) in [6, 6.07) is 7.81. The van der Waals surface area contributed by atoms with Gasteiger partial charge < -0.3 is 0 Å². The average molecular weight is 311 g/mol. The molecule has 8 heteroatoms. The highest BCUT2D eigenvalue weighted by Crippen LogP contribution is 2.19. The highest BCUT2D eigenvalue weighted by atomic mass is 35.5. The fourth-order valence-electron chi connectivity index (χ4n) is 1.33. The Morgan fingerprint density at radius 1 is 1.30 bits per heavy atom. The first-order valence-corrected chi connectivity index (χ1v) is 6.16. The van der Waals surface area contributed by atoms with Gasteiger partial charge in [-0.3, -0.25) is 15.5 Å². The van der Waals surface area contributed by atoms with Gasteiger partial charge in [-0.2, -0.15) is 5.10 Å². The molecule has 2 rings (SSSR count). The molecule has 0 saturated carbocycles. The Kier molecular flexibility index (Phi) is 4.49. The summed E-state index contributed by atoms with van der Waals surface area (Å²) in [7, 11) is 0. The Morgan fingerprint density at radius 3 is 2.70 bits per heavy atom. The van der Waals surface area contributed by atoms with Crippen LogP contribution in [-0.4, -0.2) is 16.1 Å². The predicted octanol–water partition coefficient (Wildman–Crippen LogP) is 3.74. The van der Waals surface area contributed by atoms with Gasteiger partial charge in [-0.05, 0) is 18.2 Å². The van der Waals surface area contributed by atoms with E-state index < -0.39 is 4.92 Å². The van der Waals surface area contributed by atoms with Crippen LogP contribution in [-0.2, 0) is 0 Å². The lowest BCUT2D eigenvalue weighted by Crippen LogP contribution is -1.95. The smallest absolute Gasteiger partial charge is 0.261 e. The molecule has 0 aliphatic heterocycles. The predicted molar refractivity (Wildman–Crippen MR) is 78.6 cm³/mol. The zero-order valence-corrected chi connectivity index (χ0v) is 11.5. The maximum Gasteiger partial charge on any atom is 0.287 e. The Bertz CT molecular complexity index is 659. The van der Waals surface area contributed by atoms with E-state index in [2.05, 4.69) is 15.5 Å². The van der Waals surface area contributed by atoms with Crippen LogP contribution < -0.4 is 5.43 Å². The highest BCUT2D eigenvalue weighted by molar-refractivity contribution is 6.36. The van der Waals surface area contributed by atoms with Gasteiger partial charge in [-0.1, -0.05) is 29.3 Å². The molecule has 0 amide bonds. The van der Waals surface area contributed by atoms with Crippen LogP contribution in [0.2, 0.25) is 10.0 Å². The van der Waals surface area contributed by atoms with E-state index in [1.54, 1.807) is 18.2 Å². The average Bonchev–Trinajstić information content (AvgIpc) is 2.42. The zero-order chi connectivity index (χ0) is 14.5. The number of hydrogen-bond acceptors (Lipinski definition) is 5. The molecule has 0 radical (unpaired) electrons. The summed E-state index contributed by atoms with van der Waals surface area (Å²) in [6.07, 6.45) is 2.65. The molecule has 0 aliphatic carbocycles. The van der Waals surface area contributed by atoms with E-state index in [0.717, 1.165) is 6.20 Å². The van der Waals surface area contributed by atoms with Gasteiger partial charge in [0.05, 0.1) is 16.2 Å². The van der Waals surface area contributed by atoms with Crippen LogP contribution in [0.1, 0.15) is 5.56 Å². The van der Waals surface area contributed by atoms with Crippen molar-refractivity contribution in [2.45, 2.75) is 0 Å². The fourth-order valence-corrected chi connectivity index (χ4v) is 1.79. The van der Waals surface area contributed by atoms with Crippen molar-refractivity contribution in [1.29, 1.82) is 0 Å². The largest absolute Gasteiger partial charge is 0.287 e. The van der Waals surface area contributed by atoms with Crippen molar-refractivity contribution in [3.8, 4) is 0 Å². The number of rotatable bonds is 4. The Hall–Kier alpha value is -2.18. The van der Waals surface area contributed by atoms with Crippen molar-refractivity contribution < 1.29 is 4.92 Å². The van der Waals surface area contributed by atoms with E-state index in [9.17, 15) is 10.1 Å². The van der Waals surface area contributed by atoms with Crippen molar-refractivity contribution in [3.63, 3.8) is 0 Å². The number of nitrogens with one attached hydrogen (secondary N) is 1. The number of pyridine rings is 1. The fraction of sp³-hybridized carbons (Fsp3) is 0. The first kappa shape index (κ1) is 14.2. The summed E-state index contributed by atoms with van der Waals surface area (Å²) < 4.78 is 0. The van der Waals surface area contributed by atoms with Crippen LogP contribution in [0.5, 0.6) is 0 Å². The molecule has 1 aromatic carbocycles. The molecule has 2 aromatic rings. The molecule has 0 atom stereocenters. The van der Waals surface area contributed by atoms with Crippen LogP contribution in [0.25, 0.3) is 0 Å². The maximum absolute atomic E-state index is 10.5. The molecular formula is C12H8Cl2N4O2. The number of hydrazone groups is 1. The minimum Gasteiger partial charge on any atom is -0.261 e. The van der Waals surface area contributed by atoms with Crippen LogP contribution in [0.4, 0.5) is 11.5 Å². The third kappa shape index (κ3) is 3.66. The van der Waals surface area contributed by atoms with Crippen molar-refractivity contribution in [1.82, 2.24) is 4.98 Å². The van der Waals surface area contributed by atoms with Gasteiger partial charge in [-0.15, -0.1) is 0 Å². The summed E-state index contributed by atoms with van der Waals surface area (Å²) in [5, 5.41) is 15.4. The van der Waals surface area contributed by atoms with Gasteiger partial charge in [0.25, 0.3) is 5.69 Å². The van der Waals surface area contributed by atoms with Crippen LogP contribution in [0.15, 0.2) is 41.6 Å². The normalized spacial score (nSPS) is 10.7. The molecule has 1 N–H and O–H groups in total. The SMILES string of the molecule is O=[N+]([O-])c1ccc(N/N=C/c2ccc(Cl)cc2Cl)nc1. The van der Waals surface area contributed by atoms with Gasteiger partial charge in [0.2, 0.25) is 0 Å². The lowest BCUT2D eigenvalue weighted by atomic mass is 10.2. The molecule has 0 unspecified atom stereocenters. The van der Waals surface area contributed by atoms with Crippen molar-refractivity contribution in [2.24, 2.45) is 5.10 Å². The molecule has 1 aromatic heterocycles. The third-order valence-corrected chi connectivity index (χ3v) is 2.87. The second-order valence-electron chi connectivity index (χ2n) is 3.69. The van der Waals surface area contributed by atoms with Crippen LogP contribution in [0, 0.1) is 10.1 Å². The monoisotopic (exact) mass is 310 g/mol. The molecular weight excluding hydrogens is 303 g/mol. The molecule has 0 saturated heterocycles. The number of hydrogen-bond donors (Lipinski definition) is 1. The molecule has 0 spiro atoms. The molecule has 0 fully saturated rings. The van der Waals surface area contributed by atoms with E-state index in [0.29, 0.717) is 21.4 Å².